The fourth-order valence-corrected chi connectivity index (χ4v) is 4.99. The van der Waals surface area contributed by atoms with Gasteiger partial charge in [0.15, 0.2) is 0 Å². The highest BCUT2D eigenvalue weighted by Gasteiger charge is 2.38. The first kappa shape index (κ1) is 30.2. The molecule has 1 atom stereocenters. The number of benzene rings is 4. The predicted molar refractivity (Wildman–Crippen MR) is 167 cm³/mol. The molecular weight excluding hydrogens is 558 g/mol. The van der Waals surface area contributed by atoms with Crippen molar-refractivity contribution in [3.05, 3.63) is 154 Å². The van der Waals surface area contributed by atoms with E-state index in [1.807, 2.05) is 84.9 Å². The molecule has 0 fully saturated rings. The third-order valence-corrected chi connectivity index (χ3v) is 7.22. The number of carbonyl (C=O) groups excluding carboxylic acids is 1. The second-order valence-corrected chi connectivity index (χ2v) is 10.0. The van der Waals surface area contributed by atoms with Crippen molar-refractivity contribution < 1.29 is 24.1 Å². The molecule has 224 valence electrons. The minimum atomic E-state index is -1.12. The van der Waals surface area contributed by atoms with Crippen LogP contribution in [0.5, 0.6) is 11.5 Å². The molecule has 1 heterocycles. The van der Waals surface area contributed by atoms with Gasteiger partial charge in [-0.15, -0.1) is 0 Å². The zero-order valence-electron chi connectivity index (χ0n) is 24.4. The van der Waals surface area contributed by atoms with E-state index in [4.69, 9.17) is 14.2 Å². The minimum absolute atomic E-state index is 0.0746. The van der Waals surface area contributed by atoms with Gasteiger partial charge >= 0.3 is 5.69 Å². The lowest BCUT2D eigenvalue weighted by molar-refractivity contribution is -0.0426. The van der Waals surface area contributed by atoms with Crippen LogP contribution in [0.3, 0.4) is 0 Å². The molecule has 0 unspecified atom stereocenters. The molecule has 0 bridgehead atoms. The highest BCUT2D eigenvalue weighted by atomic mass is 16.5. The number of aromatic nitrogens is 2. The van der Waals surface area contributed by atoms with E-state index in [-0.39, 0.29) is 24.9 Å². The number of amides is 1. The lowest BCUT2D eigenvalue weighted by Crippen LogP contribution is -2.38. The van der Waals surface area contributed by atoms with E-state index in [2.05, 4.69) is 10.3 Å². The van der Waals surface area contributed by atoms with Gasteiger partial charge in [0, 0.05) is 11.8 Å². The van der Waals surface area contributed by atoms with Gasteiger partial charge in [0.25, 0.3) is 5.91 Å². The van der Waals surface area contributed by atoms with E-state index < -0.39 is 17.4 Å². The van der Waals surface area contributed by atoms with Crippen LogP contribution in [-0.2, 0) is 16.9 Å². The summed E-state index contributed by atoms with van der Waals surface area (Å²) in [5.74, 6) is 1.13. The smallest absolute Gasteiger partial charge is 0.349 e. The summed E-state index contributed by atoms with van der Waals surface area (Å²) in [6, 6.07) is 35.0. The Morgan fingerprint density at radius 2 is 1.32 bits per heavy atom. The maximum Gasteiger partial charge on any atom is 0.349 e. The van der Waals surface area contributed by atoms with Gasteiger partial charge in [0.05, 0.1) is 33.5 Å². The highest BCUT2D eigenvalue weighted by molar-refractivity contribution is 6.03. The Morgan fingerprint density at radius 3 is 1.84 bits per heavy atom. The monoisotopic (exact) mass is 591 g/mol. The Bertz CT molecular complexity index is 1680. The summed E-state index contributed by atoms with van der Waals surface area (Å²) in [4.78, 5) is 29.2. The maximum absolute atomic E-state index is 12.8. The lowest BCUT2D eigenvalue weighted by atomic mass is 9.80. The van der Waals surface area contributed by atoms with Crippen LogP contribution in [0.25, 0.3) is 0 Å². The molecule has 9 heteroatoms. The number of aliphatic hydroxyl groups is 1. The molecule has 1 aromatic heterocycles. The van der Waals surface area contributed by atoms with Crippen molar-refractivity contribution in [2.75, 3.05) is 26.1 Å². The van der Waals surface area contributed by atoms with E-state index in [0.29, 0.717) is 17.1 Å². The summed E-state index contributed by atoms with van der Waals surface area (Å²) in [7, 11) is 3.21. The first-order valence-corrected chi connectivity index (χ1v) is 14.0. The number of hydrogen-bond acceptors (Lipinski definition) is 7. The van der Waals surface area contributed by atoms with Gasteiger partial charge in [-0.2, -0.15) is 4.98 Å². The van der Waals surface area contributed by atoms with Gasteiger partial charge in [0.1, 0.15) is 22.9 Å². The highest BCUT2D eigenvalue weighted by Crippen LogP contribution is 2.41. The number of aliphatic hydroxyl groups excluding tert-OH is 1. The van der Waals surface area contributed by atoms with Crippen molar-refractivity contribution in [1.29, 1.82) is 0 Å². The molecule has 0 aliphatic carbocycles. The Labute approximate surface area is 255 Å². The largest absolute Gasteiger partial charge is 0.497 e. The molecule has 44 heavy (non-hydrogen) atoms. The van der Waals surface area contributed by atoms with Crippen LogP contribution in [0.15, 0.2) is 126 Å². The molecular formula is C35H33N3O6. The summed E-state index contributed by atoms with van der Waals surface area (Å²) < 4.78 is 18.8. The van der Waals surface area contributed by atoms with Gasteiger partial charge in [0.2, 0.25) is 0 Å². The molecule has 5 aromatic rings. The van der Waals surface area contributed by atoms with Crippen LogP contribution in [0.4, 0.5) is 5.82 Å². The Hall–Kier alpha value is -5.25. The maximum atomic E-state index is 12.8. The first-order valence-electron chi connectivity index (χ1n) is 14.0. The molecule has 0 radical (unpaired) electrons. The van der Waals surface area contributed by atoms with Crippen LogP contribution < -0.4 is 20.5 Å². The molecule has 5 rings (SSSR count). The Balaban J connectivity index is 1.41. The van der Waals surface area contributed by atoms with E-state index >= 15 is 0 Å². The summed E-state index contributed by atoms with van der Waals surface area (Å²) in [6.07, 6.45) is 0.412. The van der Waals surface area contributed by atoms with E-state index in [1.165, 1.54) is 16.8 Å². The van der Waals surface area contributed by atoms with Crippen molar-refractivity contribution in [1.82, 2.24) is 9.55 Å². The molecule has 4 aromatic carbocycles. The molecule has 1 amide bonds. The summed E-state index contributed by atoms with van der Waals surface area (Å²) in [5.41, 5.74) is 1.20. The number of hydrogen-bond donors (Lipinski definition) is 2. The number of methoxy groups -OCH3 is 2. The molecule has 9 nitrogen and oxygen atoms in total. The van der Waals surface area contributed by atoms with Crippen LogP contribution >= 0.6 is 0 Å². The minimum Gasteiger partial charge on any atom is -0.497 e. The van der Waals surface area contributed by atoms with Crippen LogP contribution in [-0.4, -0.2) is 47.5 Å². The van der Waals surface area contributed by atoms with Gasteiger partial charge in [-0.05, 0) is 59.2 Å². The topological polar surface area (TPSA) is 112 Å². The quantitative estimate of drug-likeness (QED) is 0.199. The van der Waals surface area contributed by atoms with Crippen molar-refractivity contribution in [3.63, 3.8) is 0 Å². The number of nitrogens with zero attached hydrogens (tertiary/aromatic N) is 2. The molecule has 2 N–H and O–H groups in total. The standard InChI is InChI=1S/C35H33N3O6/c1-42-30-17-13-27(14-18-30)35(26-11-7-4-8-12-26,28-15-19-31(43-2)20-16-28)44-24-29(39)23-38-22-21-32(37-34(38)41)36-33(40)25-9-5-3-6-10-25/h3-22,29,39H,23-24H2,1-2H3,(H,36,37,40,41)/t29-/m0/s1. The number of anilines is 1. The molecule has 0 aliphatic heterocycles. The lowest BCUT2D eigenvalue weighted by Gasteiger charge is -2.36. The van der Waals surface area contributed by atoms with Crippen molar-refractivity contribution in [3.8, 4) is 11.5 Å². The van der Waals surface area contributed by atoms with Gasteiger partial charge in [-0.25, -0.2) is 4.79 Å². The summed E-state index contributed by atoms with van der Waals surface area (Å²) in [5, 5.41) is 13.8. The molecule has 0 spiro atoms. The van der Waals surface area contributed by atoms with Crippen molar-refractivity contribution in [2.45, 2.75) is 18.2 Å². The number of rotatable bonds is 12. The van der Waals surface area contributed by atoms with E-state index in [1.54, 1.807) is 38.5 Å². The van der Waals surface area contributed by atoms with Crippen molar-refractivity contribution in [2.24, 2.45) is 0 Å². The molecule has 0 aliphatic rings. The van der Waals surface area contributed by atoms with Gasteiger partial charge in [-0.3, -0.25) is 9.36 Å². The number of ether oxygens (including phenoxy) is 3. The van der Waals surface area contributed by atoms with E-state index in [9.17, 15) is 14.7 Å². The zero-order chi connectivity index (χ0) is 30.9. The van der Waals surface area contributed by atoms with Crippen LogP contribution in [0, 0.1) is 0 Å². The predicted octanol–water partition coefficient (Wildman–Crippen LogP) is 4.88. The summed E-state index contributed by atoms with van der Waals surface area (Å²) in [6.45, 7) is -0.194. The molecule has 0 saturated heterocycles. The number of carbonyl (C=O) groups is 1. The average Bonchev–Trinajstić information content (AvgIpc) is 3.07. The Morgan fingerprint density at radius 1 is 0.795 bits per heavy atom. The second kappa shape index (κ2) is 13.8. The fraction of sp³-hybridized carbons (Fsp3) is 0.171. The second-order valence-electron chi connectivity index (χ2n) is 10.0. The van der Waals surface area contributed by atoms with E-state index in [0.717, 1.165) is 16.7 Å². The third-order valence-electron chi connectivity index (χ3n) is 7.22. The fourth-order valence-electron chi connectivity index (χ4n) is 4.99. The van der Waals surface area contributed by atoms with Gasteiger partial charge in [-0.1, -0.05) is 72.8 Å². The SMILES string of the molecule is COc1ccc(C(OC[C@@H](O)Cn2ccc(NC(=O)c3ccccc3)nc2=O)(c2ccccc2)c2ccc(OC)cc2)cc1. The zero-order valence-corrected chi connectivity index (χ0v) is 24.4. The third kappa shape index (κ3) is 6.70. The molecule has 0 saturated carbocycles. The first-order chi connectivity index (χ1) is 21.4. The van der Waals surface area contributed by atoms with Crippen LogP contribution in [0.2, 0.25) is 0 Å². The Kier molecular flexibility index (Phi) is 9.49. The summed E-state index contributed by atoms with van der Waals surface area (Å²) >= 11 is 0. The average molecular weight is 592 g/mol. The van der Waals surface area contributed by atoms with Crippen molar-refractivity contribution >= 4 is 11.7 Å². The van der Waals surface area contributed by atoms with Crippen LogP contribution in [0.1, 0.15) is 27.0 Å². The number of nitrogens with one attached hydrogen (secondary N) is 1. The normalized spacial score (nSPS) is 11.9. The van der Waals surface area contributed by atoms with Gasteiger partial charge < -0.3 is 24.6 Å².